The lowest BCUT2D eigenvalue weighted by Crippen LogP contribution is -2.21. The molecule has 8 nitrogen and oxygen atoms in total. The fourth-order valence-corrected chi connectivity index (χ4v) is 3.92. The number of fused-ring (bicyclic) bond motifs is 3. The molecule has 0 aliphatic heterocycles. The van der Waals surface area contributed by atoms with Crippen LogP contribution in [0.2, 0.25) is 0 Å². The Labute approximate surface area is 211 Å². The largest absolute Gasteiger partial charge is 0.507 e. The molecular weight excluding hydrogens is 476 g/mol. The minimum absolute atomic E-state index is 0.0264. The van der Waals surface area contributed by atoms with Gasteiger partial charge in [-0.2, -0.15) is 0 Å². The lowest BCUT2D eigenvalue weighted by Gasteiger charge is -2.19. The number of rotatable bonds is 3. The first-order valence-corrected chi connectivity index (χ1v) is 11.3. The van der Waals surface area contributed by atoms with E-state index in [4.69, 9.17) is 9.15 Å². The van der Waals surface area contributed by atoms with E-state index in [0.29, 0.717) is 28.9 Å². The van der Waals surface area contributed by atoms with Gasteiger partial charge in [0.15, 0.2) is 17.3 Å². The summed E-state index contributed by atoms with van der Waals surface area (Å²) in [6, 6.07) is 13.3. The smallest absolute Gasteiger partial charge is 0.336 e. The summed E-state index contributed by atoms with van der Waals surface area (Å²) in [7, 11) is 0. The summed E-state index contributed by atoms with van der Waals surface area (Å²) in [5.74, 6) is -1.05. The quantitative estimate of drug-likeness (QED) is 0.232. The van der Waals surface area contributed by atoms with Crippen molar-refractivity contribution in [3.05, 3.63) is 104 Å². The van der Waals surface area contributed by atoms with Gasteiger partial charge in [0.2, 0.25) is 5.78 Å². The molecule has 8 heteroatoms. The third-order valence-electron chi connectivity index (χ3n) is 5.68. The molecule has 3 N–H and O–H groups in total. The van der Waals surface area contributed by atoms with Gasteiger partial charge in [-0.15, -0.1) is 0 Å². The van der Waals surface area contributed by atoms with Crippen LogP contribution >= 0.6 is 0 Å². The zero-order valence-electron chi connectivity index (χ0n) is 20.4. The Kier molecular flexibility index (Phi) is 6.84. The highest BCUT2D eigenvalue weighted by atomic mass is 16.5. The van der Waals surface area contributed by atoms with Gasteiger partial charge in [-0.1, -0.05) is 17.7 Å². The highest BCUT2D eigenvalue weighted by molar-refractivity contribution is 6.30. The van der Waals surface area contributed by atoms with E-state index in [0.717, 1.165) is 5.57 Å². The van der Waals surface area contributed by atoms with Crippen LogP contribution in [0.3, 0.4) is 0 Å². The number of ketones is 2. The minimum atomic E-state index is -0.528. The van der Waals surface area contributed by atoms with E-state index >= 15 is 0 Å². The molecule has 0 saturated carbocycles. The van der Waals surface area contributed by atoms with E-state index in [2.05, 4.69) is 0 Å². The van der Waals surface area contributed by atoms with Crippen molar-refractivity contribution in [2.45, 2.75) is 20.8 Å². The molecule has 37 heavy (non-hydrogen) atoms. The van der Waals surface area contributed by atoms with Crippen molar-refractivity contribution in [3.63, 3.8) is 0 Å². The maximum atomic E-state index is 12.3. The number of ether oxygens (including phenoxy) is 1. The molecule has 0 atom stereocenters. The highest BCUT2D eigenvalue weighted by Crippen LogP contribution is 2.37. The van der Waals surface area contributed by atoms with E-state index in [1.165, 1.54) is 42.5 Å². The molecule has 1 aliphatic carbocycles. The Balaban J connectivity index is 0.000000173. The van der Waals surface area contributed by atoms with E-state index < -0.39 is 11.4 Å². The Bertz CT molecular complexity index is 1640. The topological polar surface area (TPSA) is 134 Å². The van der Waals surface area contributed by atoms with Crippen molar-refractivity contribution >= 4 is 22.5 Å². The number of hydrogen-bond acceptors (Lipinski definition) is 8. The average Bonchev–Trinajstić information content (AvgIpc) is 2.82. The van der Waals surface area contributed by atoms with E-state index in [9.17, 15) is 29.7 Å². The zero-order chi connectivity index (χ0) is 26.9. The summed E-state index contributed by atoms with van der Waals surface area (Å²) in [4.78, 5) is 35.8. The Hall–Kier alpha value is -4.85. The monoisotopic (exact) mass is 500 g/mol. The maximum Gasteiger partial charge on any atom is 0.336 e. The zero-order valence-corrected chi connectivity index (χ0v) is 20.4. The number of aromatic hydroxyl groups is 3. The van der Waals surface area contributed by atoms with Gasteiger partial charge >= 0.3 is 5.63 Å². The Morgan fingerprint density at radius 1 is 0.838 bits per heavy atom. The number of phenols is 3. The van der Waals surface area contributed by atoms with E-state index in [1.54, 1.807) is 19.1 Å². The molecule has 0 fully saturated rings. The summed E-state index contributed by atoms with van der Waals surface area (Å²) in [5.41, 5.74) is 2.06. The number of carbonyl (C=O) groups is 2. The summed E-state index contributed by atoms with van der Waals surface area (Å²) in [6.07, 6.45) is 1.89. The van der Waals surface area contributed by atoms with Crippen LogP contribution < -0.4 is 10.4 Å². The van der Waals surface area contributed by atoms with Gasteiger partial charge in [-0.3, -0.25) is 9.59 Å². The van der Waals surface area contributed by atoms with Gasteiger partial charge in [0, 0.05) is 28.6 Å². The molecule has 1 heterocycles. The molecule has 3 aromatic carbocycles. The van der Waals surface area contributed by atoms with Crippen LogP contribution in [0.25, 0.3) is 11.0 Å². The van der Waals surface area contributed by atoms with E-state index in [-0.39, 0.29) is 45.3 Å². The van der Waals surface area contributed by atoms with Crippen molar-refractivity contribution < 1.29 is 34.1 Å². The third-order valence-corrected chi connectivity index (χ3v) is 5.68. The molecule has 1 aromatic heterocycles. The van der Waals surface area contributed by atoms with Crippen molar-refractivity contribution in [2.75, 3.05) is 6.61 Å². The first-order valence-electron chi connectivity index (χ1n) is 11.3. The van der Waals surface area contributed by atoms with Gasteiger partial charge < -0.3 is 24.5 Å². The summed E-state index contributed by atoms with van der Waals surface area (Å²) in [6.45, 7) is 6.01. The second kappa shape index (κ2) is 10.0. The Morgan fingerprint density at radius 3 is 2.30 bits per heavy atom. The van der Waals surface area contributed by atoms with Gasteiger partial charge in [-0.05, 0) is 62.7 Å². The molecule has 4 aromatic rings. The van der Waals surface area contributed by atoms with Crippen LogP contribution in [0.4, 0.5) is 0 Å². The number of allylic oxidation sites excluding steroid dienone is 1. The van der Waals surface area contributed by atoms with Crippen molar-refractivity contribution in [3.8, 4) is 23.0 Å². The van der Waals surface area contributed by atoms with Crippen LogP contribution in [0.15, 0.2) is 75.5 Å². The fourth-order valence-electron chi connectivity index (χ4n) is 3.92. The van der Waals surface area contributed by atoms with Crippen LogP contribution in [0.1, 0.15) is 51.3 Å². The van der Waals surface area contributed by atoms with Crippen LogP contribution in [0.5, 0.6) is 23.0 Å². The molecule has 0 amide bonds. The Morgan fingerprint density at radius 2 is 1.57 bits per heavy atom. The fraction of sp³-hybridized carbons (Fsp3) is 0.138. The van der Waals surface area contributed by atoms with Crippen LogP contribution in [-0.2, 0) is 0 Å². The van der Waals surface area contributed by atoms with Gasteiger partial charge in [0.05, 0.1) is 11.1 Å². The molecule has 0 unspecified atom stereocenters. The normalized spacial score (nSPS) is 11.8. The molecule has 5 rings (SSSR count). The highest BCUT2D eigenvalue weighted by Gasteiger charge is 2.34. The van der Waals surface area contributed by atoms with E-state index in [1.807, 2.05) is 19.9 Å². The molecule has 1 aliphatic rings. The predicted octanol–water partition coefficient (Wildman–Crippen LogP) is 5.03. The standard InChI is InChI=1S/C15H10O4.C14H14O4/c1-7-5-9-13(11(17)6-7)15(19)12-8(14(9)18)3-2-4-10(12)16;1-9(2)5-6-17-13-8-12-10(7-11(13)15)3-4-14(16)18-12/h2-6,16-17H,1H3;3-5,7-8,15H,6H2,1-2H3. The first kappa shape index (κ1) is 25.2. The van der Waals surface area contributed by atoms with Gasteiger partial charge in [0.1, 0.15) is 23.7 Å². The maximum absolute atomic E-state index is 12.3. The second-order valence-corrected chi connectivity index (χ2v) is 8.77. The molecule has 0 spiro atoms. The summed E-state index contributed by atoms with van der Waals surface area (Å²) >= 11 is 0. The SMILES string of the molecule is CC(C)=CCOc1cc2oc(=O)ccc2cc1O.Cc1cc(O)c2c(c1)C(=O)c1cccc(O)c1C2=O. The predicted molar refractivity (Wildman–Crippen MR) is 137 cm³/mol. The van der Waals surface area contributed by atoms with Gasteiger partial charge in [-0.25, -0.2) is 4.79 Å². The minimum Gasteiger partial charge on any atom is -0.507 e. The van der Waals surface area contributed by atoms with Crippen LogP contribution in [0, 0.1) is 6.92 Å². The summed E-state index contributed by atoms with van der Waals surface area (Å²) in [5, 5.41) is 30.1. The average molecular weight is 501 g/mol. The number of benzene rings is 3. The van der Waals surface area contributed by atoms with Gasteiger partial charge in [0.25, 0.3) is 0 Å². The molecule has 0 bridgehead atoms. The molecule has 0 radical (unpaired) electrons. The second-order valence-electron chi connectivity index (χ2n) is 8.77. The molecule has 188 valence electrons. The first-order chi connectivity index (χ1) is 17.6. The van der Waals surface area contributed by atoms with Crippen molar-refractivity contribution in [1.29, 1.82) is 0 Å². The number of hydrogen-bond donors (Lipinski definition) is 3. The summed E-state index contributed by atoms with van der Waals surface area (Å²) < 4.78 is 10.4. The number of aryl methyl sites for hydroxylation is 1. The van der Waals surface area contributed by atoms with Crippen LogP contribution in [-0.4, -0.2) is 33.5 Å². The van der Waals surface area contributed by atoms with Crippen molar-refractivity contribution in [1.82, 2.24) is 0 Å². The number of carbonyl (C=O) groups excluding carboxylic acids is 2. The third kappa shape index (κ3) is 5.08. The molecular formula is C29H24O8. The lowest BCUT2D eigenvalue weighted by molar-refractivity contribution is 0.0974. The molecule has 0 saturated heterocycles. The number of phenolic OH excluding ortho intramolecular Hbond substituents is 3. The van der Waals surface area contributed by atoms with Crippen molar-refractivity contribution in [2.24, 2.45) is 0 Å². The lowest BCUT2D eigenvalue weighted by atomic mass is 9.82.